The molecule has 1 fully saturated rings. The maximum absolute atomic E-state index is 12.8. The van der Waals surface area contributed by atoms with Crippen molar-refractivity contribution in [3.8, 4) is 0 Å². The number of hydrogen-bond acceptors (Lipinski definition) is 3. The minimum absolute atomic E-state index is 0. The second-order valence-corrected chi connectivity index (χ2v) is 7.28. The molecule has 1 aliphatic rings. The summed E-state index contributed by atoms with van der Waals surface area (Å²) in [6.45, 7) is 6.49. The van der Waals surface area contributed by atoms with E-state index in [1.807, 2.05) is 51.1 Å². The zero-order valence-electron chi connectivity index (χ0n) is 14.9. The number of halogens is 1. The normalized spacial score (nSPS) is 19.5. The van der Waals surface area contributed by atoms with Crippen LogP contribution in [-0.4, -0.2) is 42.4 Å². The van der Waals surface area contributed by atoms with E-state index >= 15 is 0 Å². The van der Waals surface area contributed by atoms with E-state index in [-0.39, 0.29) is 29.6 Å². The van der Waals surface area contributed by atoms with Gasteiger partial charge in [-0.3, -0.25) is 9.59 Å². The van der Waals surface area contributed by atoms with E-state index in [4.69, 9.17) is 5.73 Å². The number of nitrogens with two attached hydrogens (primary N) is 1. The average Bonchev–Trinajstić information content (AvgIpc) is 2.53. The Bertz CT molecular complexity index is 571. The number of para-hydroxylation sites is 1. The van der Waals surface area contributed by atoms with Gasteiger partial charge in [0.15, 0.2) is 0 Å². The Morgan fingerprint density at radius 3 is 2.42 bits per heavy atom. The number of benzene rings is 1. The van der Waals surface area contributed by atoms with E-state index in [1.54, 1.807) is 11.9 Å². The Kier molecular flexibility index (Phi) is 6.81. The number of amides is 2. The van der Waals surface area contributed by atoms with E-state index in [0.717, 1.165) is 12.1 Å². The molecule has 6 heteroatoms. The number of nitrogens with zero attached hydrogens (tertiary/aromatic N) is 2. The third-order valence-electron chi connectivity index (χ3n) is 4.49. The number of anilines is 1. The lowest BCUT2D eigenvalue weighted by molar-refractivity contribution is -0.141. The molecule has 0 saturated carbocycles. The van der Waals surface area contributed by atoms with Gasteiger partial charge in [-0.25, -0.2) is 0 Å². The highest BCUT2D eigenvalue weighted by atomic mass is 35.5. The van der Waals surface area contributed by atoms with Crippen LogP contribution in [0.1, 0.15) is 33.6 Å². The van der Waals surface area contributed by atoms with Crippen LogP contribution >= 0.6 is 12.4 Å². The fraction of sp³-hybridized carbons (Fsp3) is 0.556. The quantitative estimate of drug-likeness (QED) is 0.907. The SMILES string of the molecule is CN(C(=O)[C@@H](N)C(C)(C)C)C1CCCN(c2ccccc2)C1=O.Cl. The minimum Gasteiger partial charge on any atom is -0.332 e. The zero-order chi connectivity index (χ0) is 17.2. The third kappa shape index (κ3) is 4.28. The average molecular weight is 354 g/mol. The maximum atomic E-state index is 12.8. The first-order chi connectivity index (χ1) is 10.7. The van der Waals surface area contributed by atoms with Gasteiger partial charge in [0.2, 0.25) is 11.8 Å². The second kappa shape index (κ2) is 7.99. The first-order valence-corrected chi connectivity index (χ1v) is 8.12. The molecule has 2 atom stereocenters. The molecular formula is C18H28ClN3O2. The molecule has 1 aromatic rings. The van der Waals surface area contributed by atoms with Crippen LogP contribution in [-0.2, 0) is 9.59 Å². The Morgan fingerprint density at radius 1 is 1.29 bits per heavy atom. The molecule has 0 bridgehead atoms. The van der Waals surface area contributed by atoms with Crippen LogP contribution in [0.3, 0.4) is 0 Å². The molecule has 24 heavy (non-hydrogen) atoms. The maximum Gasteiger partial charge on any atom is 0.249 e. The lowest BCUT2D eigenvalue weighted by atomic mass is 9.86. The van der Waals surface area contributed by atoms with Crippen molar-refractivity contribution >= 4 is 29.9 Å². The van der Waals surface area contributed by atoms with Gasteiger partial charge in [0, 0.05) is 19.3 Å². The van der Waals surface area contributed by atoms with Crippen molar-refractivity contribution in [2.75, 3.05) is 18.5 Å². The van der Waals surface area contributed by atoms with Crippen LogP contribution in [0.2, 0.25) is 0 Å². The highest BCUT2D eigenvalue weighted by Gasteiger charge is 2.38. The lowest BCUT2D eigenvalue weighted by Gasteiger charge is -2.39. The van der Waals surface area contributed by atoms with Crippen LogP contribution in [0.15, 0.2) is 30.3 Å². The molecular weight excluding hydrogens is 326 g/mol. The molecule has 1 aromatic carbocycles. The van der Waals surface area contributed by atoms with Crippen molar-refractivity contribution in [1.82, 2.24) is 4.90 Å². The number of likely N-dealkylation sites (N-methyl/N-ethyl adjacent to an activating group) is 1. The lowest BCUT2D eigenvalue weighted by Crippen LogP contribution is -2.58. The van der Waals surface area contributed by atoms with Gasteiger partial charge in [0.25, 0.3) is 0 Å². The molecule has 0 radical (unpaired) electrons. The Morgan fingerprint density at radius 2 is 1.88 bits per heavy atom. The second-order valence-electron chi connectivity index (χ2n) is 7.28. The summed E-state index contributed by atoms with van der Waals surface area (Å²) in [5.41, 5.74) is 6.62. The smallest absolute Gasteiger partial charge is 0.249 e. The Labute approximate surface area is 150 Å². The predicted molar refractivity (Wildman–Crippen MR) is 99.3 cm³/mol. The van der Waals surface area contributed by atoms with Gasteiger partial charge in [-0.15, -0.1) is 12.4 Å². The Balaban J connectivity index is 0.00000288. The predicted octanol–water partition coefficient (Wildman–Crippen LogP) is 2.44. The first-order valence-electron chi connectivity index (χ1n) is 8.12. The van der Waals surface area contributed by atoms with Crippen LogP contribution in [0, 0.1) is 5.41 Å². The van der Waals surface area contributed by atoms with Gasteiger partial charge in [0.1, 0.15) is 6.04 Å². The number of rotatable bonds is 3. The highest BCUT2D eigenvalue weighted by molar-refractivity contribution is 6.00. The van der Waals surface area contributed by atoms with E-state index in [2.05, 4.69) is 0 Å². The summed E-state index contributed by atoms with van der Waals surface area (Å²) < 4.78 is 0. The number of carbonyl (C=O) groups is 2. The zero-order valence-corrected chi connectivity index (χ0v) is 15.7. The van der Waals surface area contributed by atoms with Crippen LogP contribution in [0.4, 0.5) is 5.69 Å². The number of piperidine rings is 1. The van der Waals surface area contributed by atoms with E-state index < -0.39 is 12.1 Å². The van der Waals surface area contributed by atoms with Crippen molar-refractivity contribution in [2.24, 2.45) is 11.1 Å². The molecule has 1 unspecified atom stereocenters. The molecule has 2 amide bonds. The molecule has 1 aliphatic heterocycles. The third-order valence-corrected chi connectivity index (χ3v) is 4.49. The molecule has 134 valence electrons. The van der Waals surface area contributed by atoms with Crippen molar-refractivity contribution in [1.29, 1.82) is 0 Å². The molecule has 5 nitrogen and oxygen atoms in total. The molecule has 0 spiro atoms. The van der Waals surface area contributed by atoms with Gasteiger partial charge in [0.05, 0.1) is 6.04 Å². The summed E-state index contributed by atoms with van der Waals surface area (Å²) in [7, 11) is 1.69. The summed E-state index contributed by atoms with van der Waals surface area (Å²) in [6.07, 6.45) is 1.55. The summed E-state index contributed by atoms with van der Waals surface area (Å²) >= 11 is 0. The van der Waals surface area contributed by atoms with Crippen LogP contribution in [0.5, 0.6) is 0 Å². The molecule has 0 aromatic heterocycles. The molecule has 1 heterocycles. The molecule has 0 aliphatic carbocycles. The molecule has 2 N–H and O–H groups in total. The monoisotopic (exact) mass is 353 g/mol. The fourth-order valence-electron chi connectivity index (χ4n) is 2.82. The number of hydrogen-bond donors (Lipinski definition) is 1. The van der Waals surface area contributed by atoms with E-state index in [1.165, 1.54) is 4.90 Å². The molecule has 1 saturated heterocycles. The fourth-order valence-corrected chi connectivity index (χ4v) is 2.82. The van der Waals surface area contributed by atoms with Crippen molar-refractivity contribution < 1.29 is 9.59 Å². The summed E-state index contributed by atoms with van der Waals surface area (Å²) in [5, 5.41) is 0. The topological polar surface area (TPSA) is 66.6 Å². The van der Waals surface area contributed by atoms with Gasteiger partial charge in [-0.1, -0.05) is 39.0 Å². The summed E-state index contributed by atoms with van der Waals surface area (Å²) in [5.74, 6) is -0.204. The first kappa shape index (κ1) is 20.5. The highest BCUT2D eigenvalue weighted by Crippen LogP contribution is 2.25. The summed E-state index contributed by atoms with van der Waals surface area (Å²) in [6, 6.07) is 8.53. The van der Waals surface area contributed by atoms with Crippen LogP contribution < -0.4 is 10.6 Å². The van der Waals surface area contributed by atoms with Gasteiger partial charge in [-0.2, -0.15) is 0 Å². The van der Waals surface area contributed by atoms with Crippen molar-refractivity contribution in [3.05, 3.63) is 30.3 Å². The Hall–Kier alpha value is -1.59. The number of carbonyl (C=O) groups excluding carboxylic acids is 2. The van der Waals surface area contributed by atoms with E-state index in [9.17, 15) is 9.59 Å². The van der Waals surface area contributed by atoms with Crippen molar-refractivity contribution in [2.45, 2.75) is 45.7 Å². The van der Waals surface area contributed by atoms with Gasteiger partial charge < -0.3 is 15.5 Å². The van der Waals surface area contributed by atoms with Gasteiger partial charge >= 0.3 is 0 Å². The molecule has 2 rings (SSSR count). The van der Waals surface area contributed by atoms with Crippen molar-refractivity contribution in [3.63, 3.8) is 0 Å². The minimum atomic E-state index is -0.618. The summed E-state index contributed by atoms with van der Waals surface area (Å²) in [4.78, 5) is 28.7. The van der Waals surface area contributed by atoms with E-state index in [0.29, 0.717) is 13.0 Å². The van der Waals surface area contributed by atoms with Crippen LogP contribution in [0.25, 0.3) is 0 Å². The standard InChI is InChI=1S/C18H27N3O2.ClH/c1-18(2,3)15(19)17(23)20(4)14-11-8-12-21(16(14)22)13-9-6-5-7-10-13;/h5-7,9-10,14-15H,8,11-12,19H2,1-4H3;1H/t14?,15-;/m1./s1. The van der Waals surface area contributed by atoms with Gasteiger partial charge in [-0.05, 0) is 30.4 Å². The largest absolute Gasteiger partial charge is 0.332 e.